The van der Waals surface area contributed by atoms with E-state index in [4.69, 9.17) is 9.15 Å². The number of nitrogens with one attached hydrogen (secondary N) is 1. The number of ether oxygens (including phenoxy) is 1. The minimum Gasteiger partial charge on any atom is -0.468 e. The first-order valence-electron chi connectivity index (χ1n) is 6.10. The lowest BCUT2D eigenvalue weighted by molar-refractivity contribution is 0.116. The summed E-state index contributed by atoms with van der Waals surface area (Å²) in [6.45, 7) is 8.68. The topological polar surface area (TPSA) is 34.4 Å². The highest BCUT2D eigenvalue weighted by Crippen LogP contribution is 2.12. The molecule has 1 rings (SSSR count). The van der Waals surface area contributed by atoms with Gasteiger partial charge in [0.15, 0.2) is 0 Å². The summed E-state index contributed by atoms with van der Waals surface area (Å²) in [5.41, 5.74) is 1.16. The van der Waals surface area contributed by atoms with Crippen LogP contribution in [0.4, 0.5) is 0 Å². The molecule has 0 spiro atoms. The van der Waals surface area contributed by atoms with Crippen LogP contribution >= 0.6 is 0 Å². The smallest absolute Gasteiger partial charge is 0.123 e. The van der Waals surface area contributed by atoms with E-state index in [1.807, 2.05) is 6.07 Å². The number of hydrogen-bond donors (Lipinski definition) is 1. The lowest BCUT2D eigenvalue weighted by Gasteiger charge is -2.08. The zero-order valence-electron chi connectivity index (χ0n) is 10.6. The van der Waals surface area contributed by atoms with Crippen LogP contribution in [0.5, 0.6) is 0 Å². The molecule has 0 radical (unpaired) electrons. The van der Waals surface area contributed by atoms with Gasteiger partial charge in [-0.15, -0.1) is 0 Å². The highest BCUT2D eigenvalue weighted by Gasteiger charge is 2.06. The van der Waals surface area contributed by atoms with Crippen molar-refractivity contribution in [2.24, 2.45) is 0 Å². The third-order valence-electron chi connectivity index (χ3n) is 2.41. The van der Waals surface area contributed by atoms with Crippen molar-refractivity contribution in [1.82, 2.24) is 5.32 Å². The maximum absolute atomic E-state index is 5.58. The van der Waals surface area contributed by atoms with Crippen molar-refractivity contribution in [2.75, 3.05) is 6.61 Å². The molecule has 1 aromatic rings. The van der Waals surface area contributed by atoms with Crippen LogP contribution in [0, 0.1) is 0 Å². The zero-order chi connectivity index (χ0) is 11.8. The molecule has 1 N–H and O–H groups in total. The molecule has 1 heterocycles. The van der Waals surface area contributed by atoms with Crippen molar-refractivity contribution >= 4 is 0 Å². The standard InChI is InChI=1S/C13H23NO2/c1-4-5-7-15-10-12-6-8-16-13(12)9-14-11(2)3/h6,8,11,14H,4-5,7,9-10H2,1-3H3. The van der Waals surface area contributed by atoms with Crippen LogP contribution < -0.4 is 5.32 Å². The Balaban J connectivity index is 2.32. The predicted molar refractivity (Wildman–Crippen MR) is 65.2 cm³/mol. The van der Waals surface area contributed by atoms with E-state index in [0.29, 0.717) is 12.6 Å². The minimum atomic E-state index is 0.471. The Bertz CT molecular complexity index is 281. The van der Waals surface area contributed by atoms with Gasteiger partial charge in [-0.05, 0) is 12.5 Å². The largest absolute Gasteiger partial charge is 0.468 e. The van der Waals surface area contributed by atoms with E-state index >= 15 is 0 Å². The van der Waals surface area contributed by atoms with Crippen LogP contribution in [0.1, 0.15) is 44.9 Å². The van der Waals surface area contributed by atoms with E-state index in [-0.39, 0.29) is 0 Å². The van der Waals surface area contributed by atoms with Crippen molar-refractivity contribution in [3.05, 3.63) is 23.7 Å². The van der Waals surface area contributed by atoms with Crippen molar-refractivity contribution in [2.45, 2.75) is 52.8 Å². The summed E-state index contributed by atoms with van der Waals surface area (Å²) in [5.74, 6) is 0.991. The summed E-state index contributed by atoms with van der Waals surface area (Å²) in [4.78, 5) is 0. The summed E-state index contributed by atoms with van der Waals surface area (Å²) in [5, 5.41) is 3.34. The van der Waals surface area contributed by atoms with Crippen LogP contribution in [-0.2, 0) is 17.9 Å². The Morgan fingerprint density at radius 2 is 2.25 bits per heavy atom. The van der Waals surface area contributed by atoms with E-state index in [2.05, 4.69) is 26.1 Å². The fraction of sp³-hybridized carbons (Fsp3) is 0.692. The third kappa shape index (κ3) is 4.81. The lowest BCUT2D eigenvalue weighted by Crippen LogP contribution is -2.22. The monoisotopic (exact) mass is 225 g/mol. The van der Waals surface area contributed by atoms with Crippen LogP contribution in [0.3, 0.4) is 0 Å². The zero-order valence-corrected chi connectivity index (χ0v) is 10.6. The molecule has 0 aliphatic rings. The first-order valence-corrected chi connectivity index (χ1v) is 6.10. The number of unbranched alkanes of at least 4 members (excludes halogenated alkanes) is 1. The first kappa shape index (κ1) is 13.3. The molecule has 0 fully saturated rings. The Morgan fingerprint density at radius 1 is 1.44 bits per heavy atom. The van der Waals surface area contributed by atoms with Crippen LogP contribution in [-0.4, -0.2) is 12.6 Å². The summed E-state index contributed by atoms with van der Waals surface area (Å²) in [7, 11) is 0. The second kappa shape index (κ2) is 7.47. The first-order chi connectivity index (χ1) is 7.74. The Kier molecular flexibility index (Phi) is 6.19. The van der Waals surface area contributed by atoms with Gasteiger partial charge < -0.3 is 14.5 Å². The Labute approximate surface area is 98.2 Å². The number of hydrogen-bond acceptors (Lipinski definition) is 3. The van der Waals surface area contributed by atoms with E-state index in [0.717, 1.165) is 30.9 Å². The quantitative estimate of drug-likeness (QED) is 0.690. The summed E-state index contributed by atoms with van der Waals surface area (Å²) < 4.78 is 11.0. The SMILES string of the molecule is CCCCOCc1ccoc1CNC(C)C. The fourth-order valence-electron chi connectivity index (χ4n) is 1.38. The summed E-state index contributed by atoms with van der Waals surface area (Å²) in [6.07, 6.45) is 4.03. The van der Waals surface area contributed by atoms with E-state index in [1.165, 1.54) is 6.42 Å². The maximum Gasteiger partial charge on any atom is 0.123 e. The van der Waals surface area contributed by atoms with Gasteiger partial charge in [-0.3, -0.25) is 0 Å². The van der Waals surface area contributed by atoms with Gasteiger partial charge in [-0.25, -0.2) is 0 Å². The molecule has 92 valence electrons. The van der Waals surface area contributed by atoms with Crippen molar-refractivity contribution in [3.63, 3.8) is 0 Å². The normalized spacial score (nSPS) is 11.2. The van der Waals surface area contributed by atoms with Crippen LogP contribution in [0.2, 0.25) is 0 Å². The van der Waals surface area contributed by atoms with Gasteiger partial charge in [0.25, 0.3) is 0 Å². The molecule has 0 atom stereocenters. The molecular weight excluding hydrogens is 202 g/mol. The van der Waals surface area contributed by atoms with E-state index in [1.54, 1.807) is 6.26 Å². The highest BCUT2D eigenvalue weighted by atomic mass is 16.5. The summed E-state index contributed by atoms with van der Waals surface area (Å²) >= 11 is 0. The Hall–Kier alpha value is -0.800. The molecule has 16 heavy (non-hydrogen) atoms. The van der Waals surface area contributed by atoms with Crippen LogP contribution in [0.15, 0.2) is 16.7 Å². The molecule has 0 aliphatic carbocycles. The molecule has 0 aliphatic heterocycles. The molecular formula is C13H23NO2. The molecule has 0 saturated heterocycles. The maximum atomic E-state index is 5.58. The average molecular weight is 225 g/mol. The molecule has 0 saturated carbocycles. The van der Waals surface area contributed by atoms with E-state index in [9.17, 15) is 0 Å². The summed E-state index contributed by atoms with van der Waals surface area (Å²) in [6, 6.07) is 2.46. The fourth-order valence-corrected chi connectivity index (χ4v) is 1.38. The molecule has 1 aromatic heterocycles. The molecule has 0 amide bonds. The second-order valence-corrected chi connectivity index (χ2v) is 4.31. The van der Waals surface area contributed by atoms with Gasteiger partial charge in [0.05, 0.1) is 19.4 Å². The van der Waals surface area contributed by atoms with Gasteiger partial charge in [-0.2, -0.15) is 0 Å². The predicted octanol–water partition coefficient (Wildman–Crippen LogP) is 3.09. The van der Waals surface area contributed by atoms with Crippen molar-refractivity contribution in [1.29, 1.82) is 0 Å². The molecule has 3 nitrogen and oxygen atoms in total. The minimum absolute atomic E-state index is 0.471. The van der Waals surface area contributed by atoms with Crippen LogP contribution in [0.25, 0.3) is 0 Å². The molecule has 3 heteroatoms. The lowest BCUT2D eigenvalue weighted by atomic mass is 10.2. The van der Waals surface area contributed by atoms with Gasteiger partial charge in [0.1, 0.15) is 5.76 Å². The number of furan rings is 1. The molecule has 0 bridgehead atoms. The highest BCUT2D eigenvalue weighted by molar-refractivity contribution is 5.15. The van der Waals surface area contributed by atoms with Crippen molar-refractivity contribution in [3.8, 4) is 0 Å². The molecule has 0 unspecified atom stereocenters. The molecule has 0 aromatic carbocycles. The van der Waals surface area contributed by atoms with Gasteiger partial charge in [-0.1, -0.05) is 27.2 Å². The van der Waals surface area contributed by atoms with Gasteiger partial charge >= 0.3 is 0 Å². The van der Waals surface area contributed by atoms with E-state index < -0.39 is 0 Å². The average Bonchev–Trinajstić information content (AvgIpc) is 2.69. The van der Waals surface area contributed by atoms with Gasteiger partial charge in [0, 0.05) is 18.2 Å². The van der Waals surface area contributed by atoms with Crippen molar-refractivity contribution < 1.29 is 9.15 Å². The number of rotatable bonds is 8. The van der Waals surface area contributed by atoms with Gasteiger partial charge in [0.2, 0.25) is 0 Å². The third-order valence-corrected chi connectivity index (χ3v) is 2.41. The Morgan fingerprint density at radius 3 is 2.94 bits per heavy atom. The second-order valence-electron chi connectivity index (χ2n) is 4.31.